The third-order valence-electron chi connectivity index (χ3n) is 4.48. The number of carbonyl (C=O) groups is 1. The summed E-state index contributed by atoms with van der Waals surface area (Å²) in [5.74, 6) is -0.495. The number of benzene rings is 2. The van der Waals surface area contributed by atoms with Crippen LogP contribution in [0.5, 0.6) is 5.75 Å². The molecule has 0 aliphatic carbocycles. The molecular weight excluding hydrogens is 453 g/mol. The van der Waals surface area contributed by atoms with E-state index >= 15 is 0 Å². The lowest BCUT2D eigenvalue weighted by molar-refractivity contribution is -0.141. The lowest BCUT2D eigenvalue weighted by atomic mass is 10.0. The van der Waals surface area contributed by atoms with E-state index < -0.39 is 17.8 Å². The van der Waals surface area contributed by atoms with Gasteiger partial charge in [0.15, 0.2) is 11.6 Å². The maximum atomic E-state index is 14.6. The molecule has 0 spiro atoms. The summed E-state index contributed by atoms with van der Waals surface area (Å²) in [5, 5.41) is 9.94. The van der Waals surface area contributed by atoms with E-state index in [0.29, 0.717) is 16.5 Å². The fraction of sp³-hybridized carbons (Fsp3) is 0.348. The summed E-state index contributed by atoms with van der Waals surface area (Å²) in [6, 6.07) is 10.3. The number of aromatic nitrogens is 2. The van der Waals surface area contributed by atoms with Crippen molar-refractivity contribution in [2.24, 2.45) is 11.7 Å². The minimum absolute atomic E-state index is 0.0191. The second kappa shape index (κ2) is 10.8. The molecule has 32 heavy (non-hydrogen) atoms. The van der Waals surface area contributed by atoms with Crippen molar-refractivity contribution in [2.45, 2.75) is 33.2 Å². The first-order valence-corrected chi connectivity index (χ1v) is 11.4. The summed E-state index contributed by atoms with van der Waals surface area (Å²) < 4.78 is 24.8. The van der Waals surface area contributed by atoms with E-state index in [0.717, 1.165) is 17.0 Å². The van der Waals surface area contributed by atoms with Gasteiger partial charge in [-0.3, -0.25) is 4.79 Å². The molecular formula is C23H25ClFN3O3S. The predicted octanol–water partition coefficient (Wildman–Crippen LogP) is 5.13. The topological polar surface area (TPSA) is 87.3 Å². The minimum Gasteiger partial charge on any atom is -0.489 e. The number of hydrogen-bond donors (Lipinski definition) is 1. The summed E-state index contributed by atoms with van der Waals surface area (Å²) in [5.41, 5.74) is 8.44. The van der Waals surface area contributed by atoms with Crippen molar-refractivity contribution < 1.29 is 18.7 Å². The number of carbonyl (C=O) groups excluding carboxylic acids is 1. The van der Waals surface area contributed by atoms with Gasteiger partial charge in [-0.25, -0.2) is 4.39 Å². The van der Waals surface area contributed by atoms with E-state index in [4.69, 9.17) is 26.8 Å². The van der Waals surface area contributed by atoms with Crippen LogP contribution in [0.15, 0.2) is 36.4 Å². The lowest BCUT2D eigenvalue weighted by Gasteiger charge is -2.14. The standard InChI is InChI=1S/C23H25ClFN3O3S/c1-13(2)8-15-4-6-16(7-5-15)22-27-28-23(32-22)18-9-20(25)21(10-19(18)24)31-12-17(26)11-30-14(3)29/h4-7,9-10,13,17H,8,11-12,26H2,1-3H3/t17-/m0/s1. The van der Waals surface area contributed by atoms with Crippen molar-refractivity contribution in [3.05, 3.63) is 52.8 Å². The van der Waals surface area contributed by atoms with Gasteiger partial charge in [0, 0.05) is 24.1 Å². The molecule has 0 unspecified atom stereocenters. The maximum Gasteiger partial charge on any atom is 0.302 e. The Morgan fingerprint density at radius 1 is 1.16 bits per heavy atom. The Labute approximate surface area is 195 Å². The van der Waals surface area contributed by atoms with E-state index in [2.05, 4.69) is 36.2 Å². The van der Waals surface area contributed by atoms with Crippen LogP contribution in [0.4, 0.5) is 4.39 Å². The normalized spacial score (nSPS) is 12.1. The number of nitrogens with two attached hydrogens (primary N) is 1. The highest BCUT2D eigenvalue weighted by Gasteiger charge is 2.17. The second-order valence-corrected chi connectivity index (χ2v) is 9.23. The van der Waals surface area contributed by atoms with Gasteiger partial charge in [0.1, 0.15) is 23.2 Å². The second-order valence-electron chi connectivity index (χ2n) is 7.84. The van der Waals surface area contributed by atoms with E-state index in [-0.39, 0.29) is 24.0 Å². The Morgan fingerprint density at radius 2 is 1.84 bits per heavy atom. The molecule has 0 bridgehead atoms. The largest absolute Gasteiger partial charge is 0.489 e. The van der Waals surface area contributed by atoms with Gasteiger partial charge in [0.2, 0.25) is 0 Å². The lowest BCUT2D eigenvalue weighted by Crippen LogP contribution is -2.33. The molecule has 170 valence electrons. The predicted molar refractivity (Wildman–Crippen MR) is 124 cm³/mol. The fourth-order valence-corrected chi connectivity index (χ4v) is 4.15. The summed E-state index contributed by atoms with van der Waals surface area (Å²) in [4.78, 5) is 10.8. The molecule has 0 aliphatic rings. The molecule has 0 radical (unpaired) electrons. The van der Waals surface area contributed by atoms with Crippen LogP contribution in [-0.4, -0.2) is 35.4 Å². The van der Waals surface area contributed by atoms with Crippen LogP contribution in [0.1, 0.15) is 26.3 Å². The molecule has 1 heterocycles. The average Bonchev–Trinajstić information content (AvgIpc) is 3.22. The van der Waals surface area contributed by atoms with Crippen molar-refractivity contribution in [3.8, 4) is 26.9 Å². The molecule has 0 aliphatic heterocycles. The van der Waals surface area contributed by atoms with Gasteiger partial charge in [-0.2, -0.15) is 0 Å². The fourth-order valence-electron chi connectivity index (χ4n) is 2.98. The molecule has 0 fully saturated rings. The van der Waals surface area contributed by atoms with Gasteiger partial charge < -0.3 is 15.2 Å². The molecule has 1 atom stereocenters. The third kappa shape index (κ3) is 6.48. The first-order chi connectivity index (χ1) is 15.2. The van der Waals surface area contributed by atoms with Crippen molar-refractivity contribution >= 4 is 28.9 Å². The van der Waals surface area contributed by atoms with Gasteiger partial charge in [-0.1, -0.05) is 61.1 Å². The van der Waals surface area contributed by atoms with Crippen LogP contribution in [-0.2, 0) is 16.0 Å². The highest BCUT2D eigenvalue weighted by Crippen LogP contribution is 2.37. The zero-order valence-electron chi connectivity index (χ0n) is 18.1. The van der Waals surface area contributed by atoms with E-state index in [1.807, 2.05) is 12.1 Å². The Morgan fingerprint density at radius 3 is 2.50 bits per heavy atom. The summed E-state index contributed by atoms with van der Waals surface area (Å²) >= 11 is 7.70. The zero-order valence-corrected chi connectivity index (χ0v) is 19.7. The highest BCUT2D eigenvalue weighted by atomic mass is 35.5. The van der Waals surface area contributed by atoms with Crippen LogP contribution in [0, 0.1) is 11.7 Å². The summed E-state index contributed by atoms with van der Waals surface area (Å²) in [6.45, 7) is 5.60. The molecule has 3 aromatic rings. The van der Waals surface area contributed by atoms with E-state index in [1.165, 1.54) is 36.0 Å². The van der Waals surface area contributed by atoms with Gasteiger partial charge in [0.25, 0.3) is 0 Å². The number of esters is 1. The minimum atomic E-state index is -0.598. The molecule has 9 heteroatoms. The van der Waals surface area contributed by atoms with Crippen LogP contribution < -0.4 is 10.5 Å². The average molecular weight is 478 g/mol. The Balaban J connectivity index is 1.71. The maximum absolute atomic E-state index is 14.6. The Hall–Kier alpha value is -2.55. The number of ether oxygens (including phenoxy) is 2. The Bertz CT molecular complexity index is 1070. The van der Waals surface area contributed by atoms with Crippen molar-refractivity contribution in [1.82, 2.24) is 10.2 Å². The molecule has 0 amide bonds. The quantitative estimate of drug-likeness (QED) is 0.430. The molecule has 6 nitrogen and oxygen atoms in total. The van der Waals surface area contributed by atoms with Gasteiger partial charge in [0.05, 0.1) is 11.1 Å². The van der Waals surface area contributed by atoms with Crippen LogP contribution in [0.3, 0.4) is 0 Å². The van der Waals surface area contributed by atoms with E-state index in [1.54, 1.807) is 0 Å². The highest BCUT2D eigenvalue weighted by molar-refractivity contribution is 7.18. The van der Waals surface area contributed by atoms with Crippen LogP contribution in [0.2, 0.25) is 5.02 Å². The van der Waals surface area contributed by atoms with Gasteiger partial charge in [-0.05, 0) is 24.0 Å². The first kappa shape index (κ1) is 24.1. The SMILES string of the molecule is CC(=O)OC[C@H](N)COc1cc(Cl)c(-c2nnc(-c3ccc(CC(C)C)cc3)s2)cc1F. The molecule has 1 aromatic heterocycles. The van der Waals surface area contributed by atoms with Crippen molar-refractivity contribution in [3.63, 3.8) is 0 Å². The number of rotatable bonds is 9. The Kier molecular flexibility index (Phi) is 8.17. The number of nitrogens with zero attached hydrogens (tertiary/aromatic N) is 2. The van der Waals surface area contributed by atoms with Gasteiger partial charge in [-0.15, -0.1) is 10.2 Å². The smallest absolute Gasteiger partial charge is 0.302 e. The van der Waals surface area contributed by atoms with Gasteiger partial charge >= 0.3 is 5.97 Å². The van der Waals surface area contributed by atoms with Crippen molar-refractivity contribution in [2.75, 3.05) is 13.2 Å². The van der Waals surface area contributed by atoms with Crippen LogP contribution >= 0.6 is 22.9 Å². The molecule has 3 rings (SSSR count). The number of hydrogen-bond acceptors (Lipinski definition) is 7. The molecule has 2 N–H and O–H groups in total. The first-order valence-electron chi connectivity index (χ1n) is 10.2. The zero-order chi connectivity index (χ0) is 23.3. The monoisotopic (exact) mass is 477 g/mol. The number of halogens is 2. The molecule has 0 saturated heterocycles. The summed E-state index contributed by atoms with van der Waals surface area (Å²) in [6.07, 6.45) is 1.01. The summed E-state index contributed by atoms with van der Waals surface area (Å²) in [7, 11) is 0. The molecule has 0 saturated carbocycles. The van der Waals surface area contributed by atoms with E-state index in [9.17, 15) is 9.18 Å². The van der Waals surface area contributed by atoms with Crippen molar-refractivity contribution in [1.29, 1.82) is 0 Å². The van der Waals surface area contributed by atoms with Crippen LogP contribution in [0.25, 0.3) is 21.1 Å². The third-order valence-corrected chi connectivity index (χ3v) is 5.79. The molecule has 2 aromatic carbocycles.